The van der Waals surface area contributed by atoms with Gasteiger partial charge in [0.2, 0.25) is 0 Å². The standard InChI is InChI=1S/C15H22O2/c1-12(5-8-14(2,3)11-16)15(4)9-6-13(17)7-10-15/h5-7,9-10,16H,8,11H2,1-4H3/b12-5+. The van der Waals surface area contributed by atoms with Gasteiger partial charge in [0.15, 0.2) is 5.78 Å². The quantitative estimate of drug-likeness (QED) is 0.759. The van der Waals surface area contributed by atoms with E-state index in [1.165, 1.54) is 5.57 Å². The van der Waals surface area contributed by atoms with Crippen LogP contribution >= 0.6 is 0 Å². The maximum atomic E-state index is 11.1. The van der Waals surface area contributed by atoms with Crippen LogP contribution in [0.1, 0.15) is 34.1 Å². The van der Waals surface area contributed by atoms with Crippen LogP contribution < -0.4 is 0 Å². The Balaban J connectivity index is 2.80. The van der Waals surface area contributed by atoms with Crippen molar-refractivity contribution in [3.63, 3.8) is 0 Å². The van der Waals surface area contributed by atoms with Crippen LogP contribution in [0.4, 0.5) is 0 Å². The molecule has 1 rings (SSSR count). The first kappa shape index (κ1) is 13.9. The summed E-state index contributed by atoms with van der Waals surface area (Å²) in [6.07, 6.45) is 10.1. The van der Waals surface area contributed by atoms with Crippen LogP contribution in [0.25, 0.3) is 0 Å². The Morgan fingerprint density at radius 1 is 1.41 bits per heavy atom. The Kier molecular flexibility index (Phi) is 4.10. The molecule has 0 bridgehead atoms. The molecule has 1 aliphatic carbocycles. The maximum absolute atomic E-state index is 11.1. The highest BCUT2D eigenvalue weighted by molar-refractivity contribution is 6.00. The summed E-state index contributed by atoms with van der Waals surface area (Å²) < 4.78 is 0. The molecule has 0 spiro atoms. The van der Waals surface area contributed by atoms with Gasteiger partial charge < -0.3 is 5.11 Å². The number of aliphatic hydroxyl groups excluding tert-OH is 1. The van der Waals surface area contributed by atoms with Gasteiger partial charge in [0.25, 0.3) is 0 Å². The molecule has 0 amide bonds. The van der Waals surface area contributed by atoms with E-state index < -0.39 is 0 Å². The number of allylic oxidation sites excluding steroid dienone is 6. The molecule has 0 fully saturated rings. The Hall–Kier alpha value is -1.15. The lowest BCUT2D eigenvalue weighted by atomic mass is 9.78. The Morgan fingerprint density at radius 3 is 2.41 bits per heavy atom. The molecule has 2 heteroatoms. The van der Waals surface area contributed by atoms with Gasteiger partial charge in [-0.3, -0.25) is 4.79 Å². The van der Waals surface area contributed by atoms with E-state index in [1.54, 1.807) is 12.2 Å². The van der Waals surface area contributed by atoms with E-state index in [0.717, 1.165) is 6.42 Å². The summed E-state index contributed by atoms with van der Waals surface area (Å²) in [6, 6.07) is 0. The molecule has 0 aliphatic heterocycles. The molecule has 0 saturated carbocycles. The number of hydrogen-bond acceptors (Lipinski definition) is 2. The van der Waals surface area contributed by atoms with Crippen molar-refractivity contribution >= 4 is 5.78 Å². The van der Waals surface area contributed by atoms with Crippen molar-refractivity contribution in [1.29, 1.82) is 0 Å². The minimum Gasteiger partial charge on any atom is -0.396 e. The summed E-state index contributed by atoms with van der Waals surface area (Å²) in [7, 11) is 0. The molecule has 0 atom stereocenters. The number of ketones is 1. The van der Waals surface area contributed by atoms with Crippen molar-refractivity contribution in [2.75, 3.05) is 6.61 Å². The number of carbonyl (C=O) groups excluding carboxylic acids is 1. The minimum atomic E-state index is -0.167. The zero-order valence-electron chi connectivity index (χ0n) is 11.2. The largest absolute Gasteiger partial charge is 0.396 e. The molecule has 0 unspecified atom stereocenters. The van der Waals surface area contributed by atoms with Gasteiger partial charge in [-0.2, -0.15) is 0 Å². The third-order valence-corrected chi connectivity index (χ3v) is 3.43. The SMILES string of the molecule is C/C(=C\CC(C)(C)CO)C1(C)C=CC(=O)C=C1. The zero-order chi connectivity index (χ0) is 13.1. The van der Waals surface area contributed by atoms with Gasteiger partial charge in [0.05, 0.1) is 0 Å². The molecule has 2 nitrogen and oxygen atoms in total. The van der Waals surface area contributed by atoms with E-state index >= 15 is 0 Å². The number of rotatable bonds is 4. The molecule has 94 valence electrons. The molecule has 0 aromatic carbocycles. The Morgan fingerprint density at radius 2 is 1.94 bits per heavy atom. The van der Waals surface area contributed by atoms with E-state index in [4.69, 9.17) is 0 Å². The molecule has 0 radical (unpaired) electrons. The third kappa shape index (κ3) is 3.67. The number of hydrogen-bond donors (Lipinski definition) is 1. The van der Waals surface area contributed by atoms with E-state index in [1.807, 2.05) is 26.0 Å². The molecule has 0 saturated heterocycles. The van der Waals surface area contributed by atoms with Gasteiger partial charge >= 0.3 is 0 Å². The predicted octanol–water partition coefficient (Wildman–Crippen LogP) is 3.04. The lowest BCUT2D eigenvalue weighted by molar-refractivity contribution is -0.110. The average Bonchev–Trinajstić information content (AvgIpc) is 2.30. The van der Waals surface area contributed by atoms with Crippen molar-refractivity contribution in [3.05, 3.63) is 36.0 Å². The first-order valence-electron chi connectivity index (χ1n) is 6.00. The van der Waals surface area contributed by atoms with Crippen molar-refractivity contribution < 1.29 is 9.90 Å². The van der Waals surface area contributed by atoms with Gasteiger partial charge in [-0.25, -0.2) is 0 Å². The fraction of sp³-hybridized carbons (Fsp3) is 0.533. The summed E-state index contributed by atoms with van der Waals surface area (Å²) in [6.45, 7) is 8.41. The smallest absolute Gasteiger partial charge is 0.178 e. The molecule has 0 aromatic rings. The van der Waals surface area contributed by atoms with Crippen LogP contribution in [0.3, 0.4) is 0 Å². The number of aliphatic hydroxyl groups is 1. The fourth-order valence-electron chi connectivity index (χ4n) is 1.60. The van der Waals surface area contributed by atoms with Crippen molar-refractivity contribution in [2.24, 2.45) is 10.8 Å². The van der Waals surface area contributed by atoms with E-state index in [2.05, 4.69) is 19.9 Å². The summed E-state index contributed by atoms with van der Waals surface area (Å²) in [5.41, 5.74) is 0.952. The Bertz CT molecular complexity index is 368. The van der Waals surface area contributed by atoms with Gasteiger partial charge in [0.1, 0.15) is 0 Å². The summed E-state index contributed by atoms with van der Waals surface area (Å²) in [4.78, 5) is 11.1. The van der Waals surface area contributed by atoms with Crippen LogP contribution in [0.2, 0.25) is 0 Å². The van der Waals surface area contributed by atoms with Gasteiger partial charge in [0, 0.05) is 12.0 Å². The van der Waals surface area contributed by atoms with E-state index in [0.29, 0.717) is 0 Å². The van der Waals surface area contributed by atoms with Gasteiger partial charge in [-0.1, -0.05) is 37.6 Å². The lowest BCUT2D eigenvalue weighted by Gasteiger charge is -2.27. The first-order chi connectivity index (χ1) is 7.79. The van der Waals surface area contributed by atoms with Crippen molar-refractivity contribution in [3.8, 4) is 0 Å². The molecular formula is C15H22O2. The van der Waals surface area contributed by atoms with Crippen molar-refractivity contribution in [1.82, 2.24) is 0 Å². The van der Waals surface area contributed by atoms with E-state index in [-0.39, 0.29) is 23.2 Å². The van der Waals surface area contributed by atoms with Gasteiger partial charge in [-0.15, -0.1) is 0 Å². The second kappa shape index (κ2) is 5.01. The zero-order valence-corrected chi connectivity index (χ0v) is 11.2. The Labute approximate surface area is 104 Å². The monoisotopic (exact) mass is 234 g/mol. The summed E-state index contributed by atoms with van der Waals surface area (Å²) >= 11 is 0. The fourth-order valence-corrected chi connectivity index (χ4v) is 1.60. The highest BCUT2D eigenvalue weighted by atomic mass is 16.3. The average molecular weight is 234 g/mol. The van der Waals surface area contributed by atoms with Crippen molar-refractivity contribution in [2.45, 2.75) is 34.1 Å². The second-order valence-electron chi connectivity index (χ2n) is 5.77. The van der Waals surface area contributed by atoms with Crippen LogP contribution in [0.15, 0.2) is 36.0 Å². The molecule has 0 aromatic heterocycles. The molecule has 1 N–H and O–H groups in total. The highest BCUT2D eigenvalue weighted by Crippen LogP contribution is 2.34. The molecule has 1 aliphatic rings. The van der Waals surface area contributed by atoms with Crippen LogP contribution in [0.5, 0.6) is 0 Å². The minimum absolute atomic E-state index is 0.0472. The second-order valence-corrected chi connectivity index (χ2v) is 5.77. The highest BCUT2D eigenvalue weighted by Gasteiger charge is 2.23. The number of carbonyl (C=O) groups is 1. The van der Waals surface area contributed by atoms with Crippen LogP contribution in [0, 0.1) is 10.8 Å². The van der Waals surface area contributed by atoms with E-state index in [9.17, 15) is 9.90 Å². The molecule has 0 heterocycles. The molecule has 17 heavy (non-hydrogen) atoms. The van der Waals surface area contributed by atoms with Crippen LogP contribution in [-0.2, 0) is 4.79 Å². The van der Waals surface area contributed by atoms with Crippen LogP contribution in [-0.4, -0.2) is 17.5 Å². The summed E-state index contributed by atoms with van der Waals surface area (Å²) in [5, 5.41) is 9.21. The lowest BCUT2D eigenvalue weighted by Crippen LogP contribution is -2.18. The topological polar surface area (TPSA) is 37.3 Å². The first-order valence-corrected chi connectivity index (χ1v) is 6.00. The van der Waals surface area contributed by atoms with Gasteiger partial charge in [-0.05, 0) is 37.8 Å². The molecular weight excluding hydrogens is 212 g/mol. The summed E-state index contributed by atoms with van der Waals surface area (Å²) in [5.74, 6) is 0.0472. The maximum Gasteiger partial charge on any atom is 0.178 e. The normalized spacial score (nSPS) is 19.8. The predicted molar refractivity (Wildman–Crippen MR) is 70.6 cm³/mol. The third-order valence-electron chi connectivity index (χ3n) is 3.43.